The summed E-state index contributed by atoms with van der Waals surface area (Å²) in [5, 5.41) is 9.88. The summed E-state index contributed by atoms with van der Waals surface area (Å²) in [5.41, 5.74) is 0.424. The molecule has 0 aromatic carbocycles. The molecule has 0 spiro atoms. The lowest BCUT2D eigenvalue weighted by atomic mass is 9.87. The summed E-state index contributed by atoms with van der Waals surface area (Å²) < 4.78 is 4.70. The topological polar surface area (TPSA) is 82.4 Å². The third-order valence-corrected chi connectivity index (χ3v) is 3.62. The van der Waals surface area contributed by atoms with Crippen LogP contribution in [-0.4, -0.2) is 60.6 Å². The molecule has 2 rings (SSSR count). The molecule has 0 fully saturated rings. The molecule has 0 radical (unpaired) electrons. The summed E-state index contributed by atoms with van der Waals surface area (Å²) in [6.45, 7) is 1.69. The van der Waals surface area contributed by atoms with E-state index in [0.717, 1.165) is 0 Å². The van der Waals surface area contributed by atoms with E-state index in [2.05, 4.69) is 4.99 Å². The van der Waals surface area contributed by atoms with Crippen LogP contribution in [0.3, 0.4) is 0 Å². The zero-order chi connectivity index (χ0) is 14.3. The molecule has 1 N–H and O–H groups in total. The number of nitrogens with zero attached hydrogens (tertiary/aromatic N) is 3. The zero-order valence-corrected chi connectivity index (χ0v) is 11.3. The highest BCUT2D eigenvalue weighted by Crippen LogP contribution is 2.35. The Labute approximate surface area is 111 Å². The fourth-order valence-corrected chi connectivity index (χ4v) is 2.34. The van der Waals surface area contributed by atoms with Crippen molar-refractivity contribution in [1.29, 1.82) is 0 Å². The summed E-state index contributed by atoms with van der Waals surface area (Å²) in [6, 6.07) is 0. The molecule has 7 heteroatoms. The molecule has 2 aliphatic heterocycles. The van der Waals surface area contributed by atoms with Gasteiger partial charge >= 0.3 is 5.97 Å². The molecule has 104 valence electrons. The number of likely N-dealkylation sites (N-methyl/N-ethyl adjacent to an activating group) is 1. The Balaban J connectivity index is 2.38. The number of methoxy groups -OCH3 is 1. The number of ether oxygens (including phenoxy) is 1. The molecule has 0 bridgehead atoms. The Bertz CT molecular complexity index is 485. The normalized spacial score (nSPS) is 27.7. The van der Waals surface area contributed by atoms with Crippen LogP contribution in [0.1, 0.15) is 6.92 Å². The number of carbonyl (C=O) groups is 2. The van der Waals surface area contributed by atoms with E-state index in [1.165, 1.54) is 24.0 Å². The van der Waals surface area contributed by atoms with Gasteiger partial charge in [-0.2, -0.15) is 0 Å². The Morgan fingerprint density at radius 1 is 1.47 bits per heavy atom. The predicted octanol–water partition coefficient (Wildman–Crippen LogP) is -0.613. The summed E-state index contributed by atoms with van der Waals surface area (Å²) in [5.74, 6) is -1.22. The van der Waals surface area contributed by atoms with Crippen LogP contribution in [0, 0.1) is 11.8 Å². The lowest BCUT2D eigenvalue weighted by Gasteiger charge is -2.38. The first-order valence-corrected chi connectivity index (χ1v) is 5.94. The molecule has 0 aliphatic carbocycles. The van der Waals surface area contributed by atoms with Crippen molar-refractivity contribution in [2.75, 3.05) is 21.2 Å². The van der Waals surface area contributed by atoms with Crippen LogP contribution < -0.4 is 0 Å². The first kappa shape index (κ1) is 13.5. The highest BCUT2D eigenvalue weighted by Gasteiger charge is 2.43. The quantitative estimate of drug-likeness (QED) is 0.675. The summed E-state index contributed by atoms with van der Waals surface area (Å²) in [6.07, 6.45) is 0.516. The van der Waals surface area contributed by atoms with Crippen molar-refractivity contribution < 1.29 is 19.4 Å². The fraction of sp³-hybridized carbons (Fsp3) is 0.583. The monoisotopic (exact) mass is 267 g/mol. The second kappa shape index (κ2) is 4.65. The molecule has 2 aliphatic rings. The van der Waals surface area contributed by atoms with Gasteiger partial charge in [-0.05, 0) is 0 Å². The van der Waals surface area contributed by atoms with Crippen LogP contribution in [0.15, 0.2) is 16.4 Å². The largest absolute Gasteiger partial charge is 0.469 e. The van der Waals surface area contributed by atoms with E-state index in [1.807, 2.05) is 0 Å². The minimum absolute atomic E-state index is 0.321. The van der Waals surface area contributed by atoms with Crippen LogP contribution in [0.25, 0.3) is 0 Å². The molecular formula is C12H17N3O4. The van der Waals surface area contributed by atoms with E-state index < -0.39 is 24.2 Å². The van der Waals surface area contributed by atoms with E-state index >= 15 is 0 Å². The first-order chi connectivity index (χ1) is 8.90. The predicted molar refractivity (Wildman–Crippen MR) is 66.7 cm³/mol. The minimum Gasteiger partial charge on any atom is -0.469 e. The number of amides is 1. The number of carbonyl (C=O) groups excluding carboxylic acids is 2. The third kappa shape index (κ3) is 1.90. The van der Waals surface area contributed by atoms with E-state index in [0.29, 0.717) is 11.4 Å². The number of hydrogen-bond donors (Lipinski definition) is 1. The number of aliphatic hydroxyl groups excluding tert-OH is 1. The van der Waals surface area contributed by atoms with Gasteiger partial charge in [-0.3, -0.25) is 14.5 Å². The number of aliphatic hydroxyl groups is 1. The Kier molecular flexibility index (Phi) is 3.32. The highest BCUT2D eigenvalue weighted by atomic mass is 16.5. The molecule has 3 atom stereocenters. The van der Waals surface area contributed by atoms with Crippen LogP contribution in [-0.2, 0) is 14.3 Å². The SMILES string of the molecule is COC(=O)[C@@H](C)C1C=NC2=C1C(=O)N(C)C(O)N2C. The van der Waals surface area contributed by atoms with Crippen molar-refractivity contribution in [3.63, 3.8) is 0 Å². The van der Waals surface area contributed by atoms with Crippen molar-refractivity contribution in [3.05, 3.63) is 11.4 Å². The molecule has 19 heavy (non-hydrogen) atoms. The van der Waals surface area contributed by atoms with Gasteiger partial charge in [-0.25, -0.2) is 4.99 Å². The molecular weight excluding hydrogens is 250 g/mol. The van der Waals surface area contributed by atoms with Crippen LogP contribution in [0.2, 0.25) is 0 Å². The second-order valence-corrected chi connectivity index (χ2v) is 4.73. The average molecular weight is 267 g/mol. The van der Waals surface area contributed by atoms with Gasteiger partial charge in [-0.1, -0.05) is 6.92 Å². The van der Waals surface area contributed by atoms with Gasteiger partial charge < -0.3 is 14.7 Å². The van der Waals surface area contributed by atoms with Crippen molar-refractivity contribution in [2.45, 2.75) is 13.3 Å². The number of hydrogen-bond acceptors (Lipinski definition) is 6. The van der Waals surface area contributed by atoms with E-state index in [1.54, 1.807) is 20.2 Å². The number of esters is 1. The maximum Gasteiger partial charge on any atom is 0.309 e. The first-order valence-electron chi connectivity index (χ1n) is 5.94. The van der Waals surface area contributed by atoms with Gasteiger partial charge in [0.1, 0.15) is 5.82 Å². The number of aliphatic imine (C=N–C) groups is 1. The van der Waals surface area contributed by atoms with Gasteiger partial charge in [-0.15, -0.1) is 0 Å². The average Bonchev–Trinajstić information content (AvgIpc) is 2.85. The maximum atomic E-state index is 12.2. The van der Waals surface area contributed by atoms with Crippen LogP contribution >= 0.6 is 0 Å². The van der Waals surface area contributed by atoms with Gasteiger partial charge in [0.2, 0.25) is 6.35 Å². The van der Waals surface area contributed by atoms with E-state index in [-0.39, 0.29) is 5.91 Å². The number of rotatable bonds is 2. The summed E-state index contributed by atoms with van der Waals surface area (Å²) in [7, 11) is 4.46. The second-order valence-electron chi connectivity index (χ2n) is 4.73. The van der Waals surface area contributed by atoms with E-state index in [9.17, 15) is 14.7 Å². The lowest BCUT2D eigenvalue weighted by molar-refractivity contribution is -0.150. The molecule has 0 saturated carbocycles. The molecule has 0 aromatic heterocycles. The molecule has 1 amide bonds. The van der Waals surface area contributed by atoms with Crippen molar-refractivity contribution in [1.82, 2.24) is 9.80 Å². The molecule has 0 aromatic rings. The van der Waals surface area contributed by atoms with Crippen molar-refractivity contribution >= 4 is 18.1 Å². The summed E-state index contributed by atoms with van der Waals surface area (Å²) in [4.78, 5) is 30.7. The maximum absolute atomic E-state index is 12.2. The molecule has 7 nitrogen and oxygen atoms in total. The van der Waals surface area contributed by atoms with Gasteiger partial charge in [0.25, 0.3) is 5.91 Å². The Morgan fingerprint density at radius 2 is 2.11 bits per heavy atom. The van der Waals surface area contributed by atoms with Crippen molar-refractivity contribution in [3.8, 4) is 0 Å². The molecule has 0 saturated heterocycles. The molecule has 2 heterocycles. The van der Waals surface area contributed by atoms with Gasteiger partial charge in [0.15, 0.2) is 0 Å². The smallest absolute Gasteiger partial charge is 0.309 e. The Morgan fingerprint density at radius 3 is 2.68 bits per heavy atom. The third-order valence-electron chi connectivity index (χ3n) is 3.62. The highest BCUT2D eigenvalue weighted by molar-refractivity contribution is 6.02. The van der Waals surface area contributed by atoms with Gasteiger partial charge in [0, 0.05) is 26.2 Å². The van der Waals surface area contributed by atoms with Crippen molar-refractivity contribution in [2.24, 2.45) is 16.8 Å². The van der Waals surface area contributed by atoms with Crippen LogP contribution in [0.4, 0.5) is 0 Å². The fourth-order valence-electron chi connectivity index (χ4n) is 2.34. The van der Waals surface area contributed by atoms with Gasteiger partial charge in [0.05, 0.1) is 18.6 Å². The lowest BCUT2D eigenvalue weighted by Crippen LogP contribution is -2.52. The summed E-state index contributed by atoms with van der Waals surface area (Å²) >= 11 is 0. The van der Waals surface area contributed by atoms with E-state index in [4.69, 9.17) is 4.74 Å². The Hall–Kier alpha value is -1.89. The van der Waals surface area contributed by atoms with Crippen LogP contribution in [0.5, 0.6) is 0 Å². The minimum atomic E-state index is -1.05. The molecule has 2 unspecified atom stereocenters. The standard InChI is InChI=1S/C12H17N3O4/c1-6(11(17)19-4)7-5-13-9-8(7)10(16)15(3)12(18)14(9)2/h5-7,12,18H,1-4H3/t6-,7?,12?/m0/s1. The zero-order valence-electron chi connectivity index (χ0n) is 11.3.